The first-order chi connectivity index (χ1) is 14.5. The fourth-order valence-electron chi connectivity index (χ4n) is 3.85. The predicted octanol–water partition coefficient (Wildman–Crippen LogP) is 1.06. The highest BCUT2D eigenvalue weighted by molar-refractivity contribution is 5.80. The molecule has 3 aromatic rings. The van der Waals surface area contributed by atoms with Crippen LogP contribution in [0.4, 0.5) is 5.69 Å². The molecule has 0 radical (unpaired) electrons. The van der Waals surface area contributed by atoms with Crippen molar-refractivity contribution in [2.24, 2.45) is 7.05 Å². The van der Waals surface area contributed by atoms with Gasteiger partial charge in [0.15, 0.2) is 0 Å². The highest BCUT2D eigenvalue weighted by Gasteiger charge is 2.23. The van der Waals surface area contributed by atoms with Crippen molar-refractivity contribution in [3.05, 3.63) is 69.2 Å². The van der Waals surface area contributed by atoms with Gasteiger partial charge in [-0.25, -0.2) is 0 Å². The van der Waals surface area contributed by atoms with Gasteiger partial charge in [-0.05, 0) is 36.4 Å². The topological polar surface area (TPSA) is 76.8 Å². The molecule has 0 saturated carbocycles. The fraction of sp³-hybridized carbons (Fsp3) is 0.318. The summed E-state index contributed by atoms with van der Waals surface area (Å²) in [6.45, 7) is 2.37. The Morgan fingerprint density at radius 3 is 2.17 bits per heavy atom. The maximum absolute atomic E-state index is 12.9. The van der Waals surface area contributed by atoms with E-state index < -0.39 is 11.1 Å². The SMILES string of the molecule is COc1ccc(N2CCN(C(=O)Cn3c(=O)c(=O)n(C)c4ccccc43)CC2)cc1. The van der Waals surface area contributed by atoms with E-state index in [4.69, 9.17) is 4.74 Å². The van der Waals surface area contributed by atoms with Crippen LogP contribution in [0.2, 0.25) is 0 Å². The van der Waals surface area contributed by atoms with Crippen LogP contribution < -0.4 is 20.8 Å². The standard InChI is InChI=1S/C22H24N4O4/c1-23-18-5-3-4-6-19(18)26(22(29)21(23)28)15-20(27)25-13-11-24(12-14-25)16-7-9-17(30-2)10-8-16/h3-10H,11-15H2,1-2H3. The van der Waals surface area contributed by atoms with Crippen molar-refractivity contribution in [2.45, 2.75) is 6.54 Å². The van der Waals surface area contributed by atoms with E-state index in [0.717, 1.165) is 11.4 Å². The lowest BCUT2D eigenvalue weighted by Gasteiger charge is -2.36. The van der Waals surface area contributed by atoms with Gasteiger partial charge in [-0.2, -0.15) is 0 Å². The molecule has 0 bridgehead atoms. The number of amides is 1. The molecule has 1 aromatic heterocycles. The number of anilines is 1. The van der Waals surface area contributed by atoms with E-state index in [2.05, 4.69) is 4.90 Å². The Kier molecular flexibility index (Phi) is 5.31. The third-order valence-electron chi connectivity index (χ3n) is 5.63. The van der Waals surface area contributed by atoms with E-state index in [-0.39, 0.29) is 12.5 Å². The summed E-state index contributed by atoms with van der Waals surface area (Å²) in [7, 11) is 3.20. The van der Waals surface area contributed by atoms with E-state index in [1.165, 1.54) is 9.13 Å². The molecule has 8 nitrogen and oxygen atoms in total. The van der Waals surface area contributed by atoms with Gasteiger partial charge in [0.2, 0.25) is 5.91 Å². The van der Waals surface area contributed by atoms with Crippen molar-refractivity contribution in [1.82, 2.24) is 14.0 Å². The molecule has 1 saturated heterocycles. The summed E-state index contributed by atoms with van der Waals surface area (Å²) in [4.78, 5) is 41.7. The predicted molar refractivity (Wildman–Crippen MR) is 115 cm³/mol. The number of carbonyl (C=O) groups excluding carboxylic acids is 1. The largest absolute Gasteiger partial charge is 0.497 e. The van der Waals surface area contributed by atoms with Gasteiger partial charge >= 0.3 is 11.1 Å². The van der Waals surface area contributed by atoms with Crippen molar-refractivity contribution in [3.63, 3.8) is 0 Å². The van der Waals surface area contributed by atoms with Gasteiger partial charge in [0.25, 0.3) is 0 Å². The molecule has 0 unspecified atom stereocenters. The summed E-state index contributed by atoms with van der Waals surface area (Å²) >= 11 is 0. The van der Waals surface area contributed by atoms with Gasteiger partial charge in [-0.1, -0.05) is 12.1 Å². The lowest BCUT2D eigenvalue weighted by molar-refractivity contribution is -0.132. The monoisotopic (exact) mass is 408 g/mol. The molecule has 30 heavy (non-hydrogen) atoms. The summed E-state index contributed by atoms with van der Waals surface area (Å²) < 4.78 is 7.81. The number of nitrogens with zero attached hydrogens (tertiary/aromatic N) is 4. The minimum Gasteiger partial charge on any atom is -0.497 e. The van der Waals surface area contributed by atoms with Crippen LogP contribution in [0, 0.1) is 0 Å². The third kappa shape index (κ3) is 3.56. The van der Waals surface area contributed by atoms with Gasteiger partial charge in [-0.15, -0.1) is 0 Å². The Balaban J connectivity index is 1.49. The molecule has 0 atom stereocenters. The zero-order valence-corrected chi connectivity index (χ0v) is 17.1. The summed E-state index contributed by atoms with van der Waals surface area (Å²) in [5.74, 6) is 0.643. The second-order valence-corrected chi connectivity index (χ2v) is 7.31. The molecule has 1 amide bonds. The molecule has 0 N–H and O–H groups in total. The van der Waals surface area contributed by atoms with Crippen LogP contribution in [0.25, 0.3) is 11.0 Å². The lowest BCUT2D eigenvalue weighted by Crippen LogP contribution is -2.51. The second kappa shape index (κ2) is 8.06. The van der Waals surface area contributed by atoms with Gasteiger partial charge in [0.1, 0.15) is 12.3 Å². The number of fused-ring (bicyclic) bond motifs is 1. The number of rotatable bonds is 4. The molecule has 2 aromatic carbocycles. The molecular formula is C22H24N4O4. The van der Waals surface area contributed by atoms with Crippen LogP contribution in [0.1, 0.15) is 0 Å². The Labute approximate surface area is 173 Å². The number of para-hydroxylation sites is 2. The van der Waals surface area contributed by atoms with Gasteiger partial charge in [-0.3, -0.25) is 19.0 Å². The maximum atomic E-state index is 12.9. The minimum atomic E-state index is -0.679. The summed E-state index contributed by atoms with van der Waals surface area (Å²) in [5.41, 5.74) is 0.970. The smallest absolute Gasteiger partial charge is 0.317 e. The van der Waals surface area contributed by atoms with Crippen LogP contribution in [0.15, 0.2) is 58.1 Å². The van der Waals surface area contributed by atoms with Crippen LogP contribution in [0.5, 0.6) is 5.75 Å². The molecule has 0 spiro atoms. The van der Waals surface area contributed by atoms with Gasteiger partial charge in [0.05, 0.1) is 18.1 Å². The zero-order chi connectivity index (χ0) is 21.3. The first kappa shape index (κ1) is 19.8. The average Bonchev–Trinajstić information content (AvgIpc) is 2.80. The maximum Gasteiger partial charge on any atom is 0.317 e. The number of hydrogen-bond acceptors (Lipinski definition) is 5. The molecule has 8 heteroatoms. The molecule has 4 rings (SSSR count). The molecule has 156 valence electrons. The van der Waals surface area contributed by atoms with Crippen LogP contribution in [0.3, 0.4) is 0 Å². The van der Waals surface area contributed by atoms with Crippen molar-refractivity contribution in [2.75, 3.05) is 38.2 Å². The van der Waals surface area contributed by atoms with Gasteiger partial charge in [0, 0.05) is 38.9 Å². The van der Waals surface area contributed by atoms with Crippen LogP contribution in [-0.2, 0) is 18.4 Å². The van der Waals surface area contributed by atoms with E-state index in [0.29, 0.717) is 37.2 Å². The van der Waals surface area contributed by atoms with E-state index in [9.17, 15) is 14.4 Å². The normalized spacial score (nSPS) is 14.2. The quantitative estimate of drug-likeness (QED) is 0.604. The van der Waals surface area contributed by atoms with Crippen molar-refractivity contribution in [1.29, 1.82) is 0 Å². The number of aryl methyl sites for hydroxylation is 1. The van der Waals surface area contributed by atoms with Crippen LogP contribution in [-0.4, -0.2) is 53.2 Å². The highest BCUT2D eigenvalue weighted by atomic mass is 16.5. The summed E-state index contributed by atoms with van der Waals surface area (Å²) in [6, 6.07) is 15.0. The fourth-order valence-corrected chi connectivity index (χ4v) is 3.85. The molecule has 2 heterocycles. The summed E-state index contributed by atoms with van der Waals surface area (Å²) in [6.07, 6.45) is 0. The number of carbonyl (C=O) groups is 1. The average molecular weight is 408 g/mol. The Morgan fingerprint density at radius 1 is 0.900 bits per heavy atom. The van der Waals surface area contributed by atoms with E-state index >= 15 is 0 Å². The Morgan fingerprint density at radius 2 is 1.53 bits per heavy atom. The van der Waals surface area contributed by atoms with E-state index in [1.807, 2.05) is 24.3 Å². The Hall–Kier alpha value is -3.55. The number of piperazine rings is 1. The highest BCUT2D eigenvalue weighted by Crippen LogP contribution is 2.20. The number of ether oxygens (including phenoxy) is 1. The third-order valence-corrected chi connectivity index (χ3v) is 5.63. The molecular weight excluding hydrogens is 384 g/mol. The van der Waals surface area contributed by atoms with E-state index in [1.54, 1.807) is 43.3 Å². The molecule has 1 aliphatic heterocycles. The minimum absolute atomic E-state index is 0.141. The molecule has 1 aliphatic rings. The van der Waals surface area contributed by atoms with Crippen LogP contribution >= 0.6 is 0 Å². The zero-order valence-electron chi connectivity index (χ0n) is 17.1. The Bertz CT molecular complexity index is 1190. The summed E-state index contributed by atoms with van der Waals surface area (Å²) in [5, 5.41) is 0. The molecule has 1 fully saturated rings. The van der Waals surface area contributed by atoms with Gasteiger partial charge < -0.3 is 19.1 Å². The van der Waals surface area contributed by atoms with Crippen molar-refractivity contribution >= 4 is 22.6 Å². The molecule has 0 aliphatic carbocycles. The second-order valence-electron chi connectivity index (χ2n) is 7.31. The number of aromatic nitrogens is 2. The lowest BCUT2D eigenvalue weighted by atomic mass is 10.2. The number of benzene rings is 2. The van der Waals surface area contributed by atoms with Crippen molar-refractivity contribution in [3.8, 4) is 5.75 Å². The number of methoxy groups -OCH3 is 1. The first-order valence-corrected chi connectivity index (χ1v) is 9.85. The first-order valence-electron chi connectivity index (χ1n) is 9.85. The van der Waals surface area contributed by atoms with Crippen molar-refractivity contribution < 1.29 is 9.53 Å². The number of hydrogen-bond donors (Lipinski definition) is 0.